The SMILES string of the molecule is FC(F)(F)c1cnc(N2CCN(c3ccccc3)CC2)s1. The highest BCUT2D eigenvalue weighted by Gasteiger charge is 2.34. The fourth-order valence-electron chi connectivity index (χ4n) is 2.34. The minimum atomic E-state index is -4.30. The lowest BCUT2D eigenvalue weighted by atomic mass is 10.2. The summed E-state index contributed by atoms with van der Waals surface area (Å²) in [5.41, 5.74) is 1.15. The van der Waals surface area contributed by atoms with Gasteiger partial charge in [-0.3, -0.25) is 0 Å². The Labute approximate surface area is 124 Å². The van der Waals surface area contributed by atoms with Crippen LogP contribution in [0.25, 0.3) is 0 Å². The van der Waals surface area contributed by atoms with E-state index in [2.05, 4.69) is 9.88 Å². The van der Waals surface area contributed by atoms with Crippen molar-refractivity contribution in [3.63, 3.8) is 0 Å². The van der Waals surface area contributed by atoms with Crippen molar-refractivity contribution in [3.05, 3.63) is 41.4 Å². The first-order valence-electron chi connectivity index (χ1n) is 6.62. The van der Waals surface area contributed by atoms with Crippen molar-refractivity contribution in [2.45, 2.75) is 6.18 Å². The molecule has 2 aromatic rings. The Balaban J connectivity index is 1.65. The topological polar surface area (TPSA) is 19.4 Å². The normalized spacial score (nSPS) is 16.3. The van der Waals surface area contributed by atoms with E-state index in [0.29, 0.717) is 29.6 Å². The van der Waals surface area contributed by atoms with Gasteiger partial charge in [-0.15, -0.1) is 0 Å². The van der Waals surface area contributed by atoms with Gasteiger partial charge >= 0.3 is 6.18 Å². The van der Waals surface area contributed by atoms with E-state index in [4.69, 9.17) is 0 Å². The van der Waals surface area contributed by atoms with E-state index in [1.54, 1.807) is 0 Å². The molecule has 0 aliphatic carbocycles. The molecule has 1 saturated heterocycles. The van der Waals surface area contributed by atoms with Crippen LogP contribution in [0.4, 0.5) is 24.0 Å². The Bertz CT molecular complexity index is 589. The molecule has 21 heavy (non-hydrogen) atoms. The van der Waals surface area contributed by atoms with E-state index in [1.165, 1.54) is 0 Å². The Morgan fingerprint density at radius 2 is 1.57 bits per heavy atom. The molecule has 0 spiro atoms. The number of halogens is 3. The smallest absolute Gasteiger partial charge is 0.368 e. The molecule has 0 saturated carbocycles. The van der Waals surface area contributed by atoms with Crippen LogP contribution in [0, 0.1) is 0 Å². The maximum absolute atomic E-state index is 12.6. The summed E-state index contributed by atoms with van der Waals surface area (Å²) in [6.07, 6.45) is -3.38. The summed E-state index contributed by atoms with van der Waals surface area (Å²) in [5, 5.41) is 0.454. The van der Waals surface area contributed by atoms with E-state index < -0.39 is 11.1 Å². The van der Waals surface area contributed by atoms with Crippen LogP contribution < -0.4 is 9.80 Å². The van der Waals surface area contributed by atoms with Crippen LogP contribution in [-0.2, 0) is 6.18 Å². The van der Waals surface area contributed by atoms with Gasteiger partial charge in [0, 0.05) is 31.9 Å². The van der Waals surface area contributed by atoms with Gasteiger partial charge in [-0.25, -0.2) is 4.98 Å². The molecule has 0 atom stereocenters. The van der Waals surface area contributed by atoms with Crippen LogP contribution in [0.3, 0.4) is 0 Å². The first kappa shape index (κ1) is 14.2. The molecule has 0 N–H and O–H groups in total. The molecule has 0 bridgehead atoms. The van der Waals surface area contributed by atoms with Gasteiger partial charge in [0.25, 0.3) is 0 Å². The number of aromatic nitrogens is 1. The summed E-state index contributed by atoms with van der Waals surface area (Å²) in [6, 6.07) is 10.0. The van der Waals surface area contributed by atoms with Gasteiger partial charge in [-0.1, -0.05) is 29.5 Å². The molecule has 0 amide bonds. The molecule has 3 rings (SSSR count). The lowest BCUT2D eigenvalue weighted by Gasteiger charge is -2.35. The monoisotopic (exact) mass is 313 g/mol. The zero-order valence-electron chi connectivity index (χ0n) is 11.2. The van der Waals surface area contributed by atoms with Crippen LogP contribution in [0.2, 0.25) is 0 Å². The first-order chi connectivity index (χ1) is 10.0. The van der Waals surface area contributed by atoms with Crippen LogP contribution in [0.5, 0.6) is 0 Å². The standard InChI is InChI=1S/C14H14F3N3S/c15-14(16,17)12-10-18-13(21-12)20-8-6-19(7-9-20)11-4-2-1-3-5-11/h1-5,10H,6-9H2. The van der Waals surface area contributed by atoms with E-state index in [9.17, 15) is 13.2 Å². The van der Waals surface area contributed by atoms with Gasteiger partial charge in [0.2, 0.25) is 0 Å². The largest absolute Gasteiger partial charge is 0.427 e. The van der Waals surface area contributed by atoms with Crippen molar-refractivity contribution in [1.82, 2.24) is 4.98 Å². The van der Waals surface area contributed by atoms with Gasteiger partial charge in [0.15, 0.2) is 5.13 Å². The third kappa shape index (κ3) is 3.12. The van der Waals surface area contributed by atoms with Gasteiger partial charge in [0.05, 0.1) is 6.20 Å². The van der Waals surface area contributed by atoms with Crippen molar-refractivity contribution in [2.75, 3.05) is 36.0 Å². The highest BCUT2D eigenvalue weighted by Crippen LogP contribution is 2.36. The summed E-state index contributed by atoms with van der Waals surface area (Å²) < 4.78 is 37.8. The van der Waals surface area contributed by atoms with E-state index in [0.717, 1.165) is 25.0 Å². The molecule has 0 radical (unpaired) electrons. The number of anilines is 2. The van der Waals surface area contributed by atoms with Crippen molar-refractivity contribution >= 4 is 22.2 Å². The lowest BCUT2D eigenvalue weighted by molar-refractivity contribution is -0.134. The zero-order chi connectivity index (χ0) is 14.9. The lowest BCUT2D eigenvalue weighted by Crippen LogP contribution is -2.46. The summed E-state index contributed by atoms with van der Waals surface area (Å²) in [7, 11) is 0. The van der Waals surface area contributed by atoms with E-state index in [1.807, 2.05) is 35.2 Å². The number of benzene rings is 1. The fourth-order valence-corrected chi connectivity index (χ4v) is 3.17. The average Bonchev–Trinajstić information content (AvgIpc) is 2.98. The summed E-state index contributed by atoms with van der Waals surface area (Å²) >= 11 is 0.715. The first-order valence-corrected chi connectivity index (χ1v) is 7.43. The molecular formula is C14H14F3N3S. The van der Waals surface area contributed by atoms with Gasteiger partial charge in [0.1, 0.15) is 4.88 Å². The number of thiazole rings is 1. The van der Waals surface area contributed by atoms with Crippen LogP contribution in [-0.4, -0.2) is 31.2 Å². The van der Waals surface area contributed by atoms with Crippen LogP contribution in [0.15, 0.2) is 36.5 Å². The predicted octanol–water partition coefficient (Wildman–Crippen LogP) is 3.49. The Kier molecular flexibility index (Phi) is 3.75. The van der Waals surface area contributed by atoms with Crippen molar-refractivity contribution in [2.24, 2.45) is 0 Å². The highest BCUT2D eigenvalue weighted by atomic mass is 32.1. The molecule has 7 heteroatoms. The zero-order valence-corrected chi connectivity index (χ0v) is 12.0. The second-order valence-electron chi connectivity index (χ2n) is 4.81. The molecule has 1 aliphatic rings. The maximum atomic E-state index is 12.6. The second-order valence-corrected chi connectivity index (χ2v) is 5.82. The van der Waals surface area contributed by atoms with Crippen LogP contribution in [0.1, 0.15) is 4.88 Å². The Morgan fingerprint density at radius 1 is 0.952 bits per heavy atom. The Morgan fingerprint density at radius 3 is 2.14 bits per heavy atom. The van der Waals surface area contributed by atoms with Crippen molar-refractivity contribution < 1.29 is 13.2 Å². The summed E-state index contributed by atoms with van der Waals surface area (Å²) in [6.45, 7) is 2.93. The molecule has 3 nitrogen and oxygen atoms in total. The molecule has 1 aromatic carbocycles. The van der Waals surface area contributed by atoms with Crippen LogP contribution >= 0.6 is 11.3 Å². The number of alkyl halides is 3. The number of hydrogen-bond acceptors (Lipinski definition) is 4. The minimum absolute atomic E-state index is 0.454. The number of hydrogen-bond donors (Lipinski definition) is 0. The third-order valence-corrected chi connectivity index (χ3v) is 4.55. The Hall–Kier alpha value is -1.76. The van der Waals surface area contributed by atoms with Crippen molar-refractivity contribution in [3.8, 4) is 0 Å². The average molecular weight is 313 g/mol. The molecule has 1 aromatic heterocycles. The number of rotatable bonds is 2. The fraction of sp³-hybridized carbons (Fsp3) is 0.357. The van der Waals surface area contributed by atoms with Gasteiger partial charge < -0.3 is 9.80 Å². The minimum Gasteiger partial charge on any atom is -0.368 e. The second kappa shape index (κ2) is 5.55. The number of para-hydroxylation sites is 1. The molecule has 112 valence electrons. The maximum Gasteiger partial charge on any atom is 0.427 e. The van der Waals surface area contributed by atoms with Gasteiger partial charge in [-0.2, -0.15) is 13.2 Å². The van der Waals surface area contributed by atoms with E-state index in [-0.39, 0.29) is 0 Å². The number of piperazine rings is 1. The third-order valence-electron chi connectivity index (χ3n) is 3.44. The molecular weight excluding hydrogens is 299 g/mol. The molecule has 1 fully saturated rings. The van der Waals surface area contributed by atoms with Crippen molar-refractivity contribution in [1.29, 1.82) is 0 Å². The summed E-state index contributed by atoms with van der Waals surface area (Å²) in [5.74, 6) is 0. The highest BCUT2D eigenvalue weighted by molar-refractivity contribution is 7.15. The summed E-state index contributed by atoms with van der Waals surface area (Å²) in [4.78, 5) is 7.42. The molecule has 1 aliphatic heterocycles. The van der Waals surface area contributed by atoms with Gasteiger partial charge in [-0.05, 0) is 12.1 Å². The molecule has 2 heterocycles. The molecule has 0 unspecified atom stereocenters. The predicted molar refractivity (Wildman–Crippen MR) is 78.0 cm³/mol. The quantitative estimate of drug-likeness (QED) is 0.846. The number of nitrogens with zero attached hydrogens (tertiary/aromatic N) is 3. The van der Waals surface area contributed by atoms with E-state index >= 15 is 0 Å².